The van der Waals surface area contributed by atoms with Gasteiger partial charge in [-0.05, 0) is 0 Å². The Hall–Kier alpha value is -1.17. The summed E-state index contributed by atoms with van der Waals surface area (Å²) in [6.45, 7) is 1.91. The standard InChI is InChI=1S/C9H11BrN2O3/c1-6(10)5-7-8(12(13)14)3-4-9(11-7)15-2/h3-4,6H,5H2,1-2H3. The van der Waals surface area contributed by atoms with Crippen molar-refractivity contribution in [3.8, 4) is 5.88 Å². The van der Waals surface area contributed by atoms with Gasteiger partial charge in [0.25, 0.3) is 5.69 Å². The molecule has 1 aromatic rings. The van der Waals surface area contributed by atoms with Crippen molar-refractivity contribution in [2.45, 2.75) is 18.2 Å². The van der Waals surface area contributed by atoms with Gasteiger partial charge in [0.2, 0.25) is 5.88 Å². The lowest BCUT2D eigenvalue weighted by molar-refractivity contribution is -0.385. The van der Waals surface area contributed by atoms with Crippen LogP contribution in [0.1, 0.15) is 12.6 Å². The molecule has 0 fully saturated rings. The summed E-state index contributed by atoms with van der Waals surface area (Å²) in [5.74, 6) is 0.392. The molecule has 0 saturated heterocycles. The lowest BCUT2D eigenvalue weighted by Gasteiger charge is -2.05. The van der Waals surface area contributed by atoms with Crippen LogP contribution in [0.4, 0.5) is 5.69 Å². The Morgan fingerprint density at radius 1 is 1.67 bits per heavy atom. The summed E-state index contributed by atoms with van der Waals surface area (Å²) in [7, 11) is 1.48. The highest BCUT2D eigenvalue weighted by atomic mass is 79.9. The first-order valence-electron chi connectivity index (χ1n) is 4.37. The second-order valence-corrected chi connectivity index (χ2v) is 4.62. The van der Waals surface area contributed by atoms with Crippen LogP contribution < -0.4 is 4.74 Å². The van der Waals surface area contributed by atoms with Crippen molar-refractivity contribution in [3.63, 3.8) is 0 Å². The van der Waals surface area contributed by atoms with Gasteiger partial charge in [-0.1, -0.05) is 22.9 Å². The number of alkyl halides is 1. The first kappa shape index (κ1) is 11.9. The first-order chi connectivity index (χ1) is 7.04. The number of halogens is 1. The van der Waals surface area contributed by atoms with E-state index in [1.165, 1.54) is 19.2 Å². The van der Waals surface area contributed by atoms with Gasteiger partial charge in [-0.2, -0.15) is 0 Å². The minimum atomic E-state index is -0.433. The van der Waals surface area contributed by atoms with Gasteiger partial charge < -0.3 is 4.74 Å². The summed E-state index contributed by atoms with van der Waals surface area (Å²) in [4.78, 5) is 14.5. The average Bonchev–Trinajstić information content (AvgIpc) is 2.16. The quantitative estimate of drug-likeness (QED) is 0.480. The van der Waals surface area contributed by atoms with Crippen molar-refractivity contribution in [1.29, 1.82) is 0 Å². The largest absolute Gasteiger partial charge is 0.481 e. The van der Waals surface area contributed by atoms with Crippen molar-refractivity contribution in [2.24, 2.45) is 0 Å². The van der Waals surface area contributed by atoms with Gasteiger partial charge in [0.05, 0.1) is 12.0 Å². The molecule has 1 rings (SSSR count). The van der Waals surface area contributed by atoms with Crippen LogP contribution in [0.3, 0.4) is 0 Å². The highest BCUT2D eigenvalue weighted by molar-refractivity contribution is 9.09. The molecule has 0 aliphatic carbocycles. The molecule has 0 amide bonds. The lowest BCUT2D eigenvalue weighted by atomic mass is 10.2. The number of nitro groups is 1. The first-order valence-corrected chi connectivity index (χ1v) is 5.28. The van der Waals surface area contributed by atoms with E-state index < -0.39 is 4.92 Å². The number of nitrogens with zero attached hydrogens (tertiary/aromatic N) is 2. The van der Waals surface area contributed by atoms with Crippen molar-refractivity contribution in [1.82, 2.24) is 4.98 Å². The van der Waals surface area contributed by atoms with Crippen LogP contribution in [0.25, 0.3) is 0 Å². The Bertz CT molecular complexity index is 368. The van der Waals surface area contributed by atoms with E-state index in [-0.39, 0.29) is 10.5 Å². The smallest absolute Gasteiger partial charge is 0.291 e. The maximum atomic E-state index is 10.7. The minimum absolute atomic E-state index is 0.0297. The summed E-state index contributed by atoms with van der Waals surface area (Å²) in [5.41, 5.74) is 0.464. The van der Waals surface area contributed by atoms with E-state index in [1.807, 2.05) is 6.92 Å². The molecule has 0 bridgehead atoms. The number of methoxy groups -OCH3 is 1. The molecule has 82 valence electrons. The molecule has 6 heteroatoms. The van der Waals surface area contributed by atoms with Crippen LogP contribution in [0.15, 0.2) is 12.1 Å². The minimum Gasteiger partial charge on any atom is -0.481 e. The molecule has 15 heavy (non-hydrogen) atoms. The number of ether oxygens (including phenoxy) is 1. The Morgan fingerprint density at radius 2 is 2.33 bits per heavy atom. The fraction of sp³-hybridized carbons (Fsp3) is 0.444. The molecule has 0 spiro atoms. The fourth-order valence-electron chi connectivity index (χ4n) is 1.17. The third-order valence-electron chi connectivity index (χ3n) is 1.81. The summed E-state index contributed by atoms with van der Waals surface area (Å²) in [6.07, 6.45) is 0.494. The third-order valence-corrected chi connectivity index (χ3v) is 2.13. The number of rotatable bonds is 4. The highest BCUT2D eigenvalue weighted by Crippen LogP contribution is 2.22. The van der Waals surface area contributed by atoms with E-state index in [2.05, 4.69) is 20.9 Å². The van der Waals surface area contributed by atoms with Crippen molar-refractivity contribution >= 4 is 21.6 Å². The summed E-state index contributed by atoms with van der Waals surface area (Å²) < 4.78 is 4.92. The van der Waals surface area contributed by atoms with Crippen LogP contribution in [0.2, 0.25) is 0 Å². The van der Waals surface area contributed by atoms with Gasteiger partial charge >= 0.3 is 0 Å². The third kappa shape index (κ3) is 3.16. The van der Waals surface area contributed by atoms with Crippen LogP contribution >= 0.6 is 15.9 Å². The van der Waals surface area contributed by atoms with Gasteiger partial charge in [0.1, 0.15) is 5.69 Å². The van der Waals surface area contributed by atoms with E-state index >= 15 is 0 Å². The maximum Gasteiger partial charge on any atom is 0.291 e. The van der Waals surface area contributed by atoms with Crippen molar-refractivity contribution in [2.75, 3.05) is 7.11 Å². The molecule has 0 radical (unpaired) electrons. The number of hydrogen-bond acceptors (Lipinski definition) is 4. The molecule has 0 aliphatic heterocycles. The monoisotopic (exact) mass is 274 g/mol. The van der Waals surface area contributed by atoms with Crippen LogP contribution in [0, 0.1) is 10.1 Å². The van der Waals surface area contributed by atoms with E-state index in [1.54, 1.807) is 0 Å². The molecule has 0 aliphatic rings. The predicted octanol–water partition coefficient (Wildman–Crippen LogP) is 2.32. The van der Waals surface area contributed by atoms with Crippen LogP contribution in [-0.4, -0.2) is 21.8 Å². The van der Waals surface area contributed by atoms with Crippen LogP contribution in [0.5, 0.6) is 5.88 Å². The molecular formula is C9H11BrN2O3. The zero-order chi connectivity index (χ0) is 11.4. The Labute approximate surface area is 95.7 Å². The van der Waals surface area contributed by atoms with E-state index in [0.717, 1.165) is 0 Å². The summed E-state index contributed by atoms with van der Waals surface area (Å²) in [5, 5.41) is 10.7. The maximum absolute atomic E-state index is 10.7. The van der Waals surface area contributed by atoms with Crippen molar-refractivity contribution in [3.05, 3.63) is 27.9 Å². The number of aromatic nitrogens is 1. The van der Waals surface area contributed by atoms with Gasteiger partial charge in [-0.3, -0.25) is 10.1 Å². The molecule has 1 unspecified atom stereocenters. The molecule has 5 nitrogen and oxygen atoms in total. The molecule has 1 aromatic heterocycles. The summed E-state index contributed by atoms with van der Waals surface area (Å²) >= 11 is 3.34. The Balaban J connectivity index is 3.10. The summed E-state index contributed by atoms with van der Waals surface area (Å²) in [6, 6.07) is 2.90. The predicted molar refractivity (Wildman–Crippen MR) is 59.5 cm³/mol. The Kier molecular flexibility index (Phi) is 4.02. The van der Waals surface area contributed by atoms with Gasteiger partial charge in [0.15, 0.2) is 0 Å². The van der Waals surface area contributed by atoms with Gasteiger partial charge in [0, 0.05) is 23.4 Å². The molecular weight excluding hydrogens is 264 g/mol. The number of pyridine rings is 1. The normalized spacial score (nSPS) is 12.2. The Morgan fingerprint density at radius 3 is 2.80 bits per heavy atom. The van der Waals surface area contributed by atoms with E-state index in [9.17, 15) is 10.1 Å². The molecule has 0 saturated carbocycles. The SMILES string of the molecule is COc1ccc([N+](=O)[O-])c(CC(C)Br)n1. The molecule has 0 aromatic carbocycles. The average molecular weight is 275 g/mol. The van der Waals surface area contributed by atoms with Gasteiger partial charge in [-0.15, -0.1) is 0 Å². The van der Waals surface area contributed by atoms with Crippen LogP contribution in [-0.2, 0) is 6.42 Å². The number of hydrogen-bond donors (Lipinski definition) is 0. The molecule has 1 atom stereocenters. The second-order valence-electron chi connectivity index (χ2n) is 3.06. The van der Waals surface area contributed by atoms with E-state index in [4.69, 9.17) is 4.74 Å². The zero-order valence-corrected chi connectivity index (χ0v) is 10.0. The van der Waals surface area contributed by atoms with E-state index in [0.29, 0.717) is 18.0 Å². The molecule has 0 N–H and O–H groups in total. The molecule has 1 heterocycles. The second kappa shape index (κ2) is 5.06. The zero-order valence-electron chi connectivity index (χ0n) is 8.44. The fourth-order valence-corrected chi connectivity index (χ4v) is 1.48. The van der Waals surface area contributed by atoms with Crippen molar-refractivity contribution < 1.29 is 9.66 Å². The lowest BCUT2D eigenvalue weighted by Crippen LogP contribution is -2.05. The topological polar surface area (TPSA) is 65.3 Å². The highest BCUT2D eigenvalue weighted by Gasteiger charge is 2.17. The van der Waals surface area contributed by atoms with Gasteiger partial charge in [-0.25, -0.2) is 4.98 Å².